The van der Waals surface area contributed by atoms with E-state index in [9.17, 15) is 4.79 Å². The highest BCUT2D eigenvalue weighted by Gasteiger charge is 2.02. The lowest BCUT2D eigenvalue weighted by atomic mass is 9.99. The van der Waals surface area contributed by atoms with Gasteiger partial charge in [0.25, 0.3) is 0 Å². The topological polar surface area (TPSA) is 17.1 Å². The van der Waals surface area contributed by atoms with Crippen LogP contribution in [0.4, 0.5) is 0 Å². The first-order valence-electron chi connectivity index (χ1n) is 5.28. The molecule has 0 atom stereocenters. The largest absolute Gasteiger partial charge is 0.299 e. The molecule has 0 aliphatic carbocycles. The fraction of sp³-hybridized carbons (Fsp3) is 0. The number of halogens is 1. The van der Waals surface area contributed by atoms with E-state index in [1.807, 2.05) is 42.5 Å². The van der Waals surface area contributed by atoms with Crippen LogP contribution < -0.4 is 0 Å². The van der Waals surface area contributed by atoms with Crippen LogP contribution in [-0.4, -0.2) is 6.29 Å². The molecule has 0 heterocycles. The molecule has 0 unspecified atom stereocenters. The van der Waals surface area contributed by atoms with Gasteiger partial charge in [-0.05, 0) is 34.9 Å². The quantitative estimate of drug-likeness (QED) is 0.606. The minimum atomic E-state index is 0.787. The second-order valence-corrected chi connectivity index (χ2v) is 4.51. The molecule has 0 saturated heterocycles. The summed E-state index contributed by atoms with van der Waals surface area (Å²) in [7, 11) is 0. The minimum Gasteiger partial charge on any atom is -0.299 e. The number of benzene rings is 2. The zero-order valence-corrected chi connectivity index (χ0v) is 10.7. The molecular weight excluding hydrogens is 276 g/mol. The summed E-state index contributed by atoms with van der Waals surface area (Å²) in [5.74, 6) is 0. The number of hydrogen-bond acceptors (Lipinski definition) is 1. The number of hydrogen-bond donors (Lipinski definition) is 0. The molecule has 0 aliphatic rings. The molecule has 2 aromatic carbocycles. The third-order valence-corrected chi connectivity index (χ3v) is 2.95. The summed E-state index contributed by atoms with van der Waals surface area (Å²) in [6, 6.07) is 16.2. The average molecular weight is 287 g/mol. The zero-order chi connectivity index (χ0) is 12.1. The lowest BCUT2D eigenvalue weighted by Gasteiger charge is -2.06. The fourth-order valence-electron chi connectivity index (χ4n) is 1.70. The van der Waals surface area contributed by atoms with Crippen molar-refractivity contribution in [3.63, 3.8) is 0 Å². The third kappa shape index (κ3) is 2.92. The summed E-state index contributed by atoms with van der Waals surface area (Å²) >= 11 is 3.44. The summed E-state index contributed by atoms with van der Waals surface area (Å²) in [6.07, 6.45) is 4.12. The van der Waals surface area contributed by atoms with E-state index in [1.54, 1.807) is 0 Å². The lowest BCUT2D eigenvalue weighted by Crippen LogP contribution is -1.83. The Balaban J connectivity index is 2.53. The van der Waals surface area contributed by atoms with Gasteiger partial charge in [0, 0.05) is 4.47 Å². The third-order valence-electron chi connectivity index (χ3n) is 2.45. The first-order chi connectivity index (χ1) is 8.31. The molecule has 1 nitrogen and oxygen atoms in total. The van der Waals surface area contributed by atoms with Crippen molar-refractivity contribution in [3.05, 3.63) is 64.6 Å². The smallest absolute Gasteiger partial charge is 0.142 e. The molecule has 0 spiro atoms. The Bertz CT molecular complexity index is 544. The van der Waals surface area contributed by atoms with Crippen LogP contribution in [0, 0.1) is 0 Å². The maximum Gasteiger partial charge on any atom is 0.142 e. The van der Waals surface area contributed by atoms with Gasteiger partial charge in [-0.15, -0.1) is 0 Å². The van der Waals surface area contributed by atoms with Crippen LogP contribution in [0.3, 0.4) is 0 Å². The number of carbonyl (C=O) groups is 1. The van der Waals surface area contributed by atoms with Crippen LogP contribution in [0.15, 0.2) is 59.1 Å². The second kappa shape index (κ2) is 5.60. The van der Waals surface area contributed by atoms with Crippen molar-refractivity contribution in [1.29, 1.82) is 0 Å². The summed E-state index contributed by atoms with van der Waals surface area (Å²) in [5, 5.41) is 0. The Morgan fingerprint density at radius 3 is 2.47 bits per heavy atom. The lowest BCUT2D eigenvalue weighted by molar-refractivity contribution is -0.104. The van der Waals surface area contributed by atoms with Gasteiger partial charge in [-0.2, -0.15) is 0 Å². The summed E-state index contributed by atoms with van der Waals surface area (Å²) in [5.41, 5.74) is 3.29. The van der Waals surface area contributed by atoms with Crippen LogP contribution in [0.25, 0.3) is 17.2 Å². The van der Waals surface area contributed by atoms with Gasteiger partial charge in [-0.3, -0.25) is 4.79 Å². The van der Waals surface area contributed by atoms with Crippen molar-refractivity contribution in [2.24, 2.45) is 0 Å². The first kappa shape index (κ1) is 11.8. The maximum atomic E-state index is 10.4. The predicted molar refractivity (Wildman–Crippen MR) is 74.7 cm³/mol. The van der Waals surface area contributed by atoms with Gasteiger partial charge >= 0.3 is 0 Å². The van der Waals surface area contributed by atoms with Crippen LogP contribution in [-0.2, 0) is 4.79 Å². The van der Waals surface area contributed by atoms with Gasteiger partial charge in [0.1, 0.15) is 6.29 Å². The van der Waals surface area contributed by atoms with Gasteiger partial charge < -0.3 is 0 Å². The molecule has 0 radical (unpaired) electrons. The second-order valence-electron chi connectivity index (χ2n) is 3.59. The van der Waals surface area contributed by atoms with E-state index in [0.717, 1.165) is 27.4 Å². The Kier molecular flexibility index (Phi) is 3.89. The van der Waals surface area contributed by atoms with Crippen LogP contribution >= 0.6 is 15.9 Å². The highest BCUT2D eigenvalue weighted by Crippen LogP contribution is 2.27. The monoisotopic (exact) mass is 286 g/mol. The summed E-state index contributed by atoms with van der Waals surface area (Å²) < 4.78 is 1.00. The molecule has 17 heavy (non-hydrogen) atoms. The normalized spacial score (nSPS) is 10.6. The molecule has 84 valence electrons. The van der Waals surface area contributed by atoms with E-state index in [2.05, 4.69) is 28.1 Å². The molecule has 0 aromatic heterocycles. The highest BCUT2D eigenvalue weighted by atomic mass is 79.9. The first-order valence-corrected chi connectivity index (χ1v) is 6.07. The Morgan fingerprint density at radius 1 is 1.00 bits per heavy atom. The van der Waals surface area contributed by atoms with Crippen molar-refractivity contribution >= 4 is 28.3 Å². The summed E-state index contributed by atoms with van der Waals surface area (Å²) in [4.78, 5) is 10.4. The highest BCUT2D eigenvalue weighted by molar-refractivity contribution is 9.10. The van der Waals surface area contributed by atoms with E-state index in [1.165, 1.54) is 6.08 Å². The molecule has 0 aliphatic heterocycles. The number of rotatable bonds is 3. The van der Waals surface area contributed by atoms with Gasteiger partial charge in [-0.25, -0.2) is 0 Å². The van der Waals surface area contributed by atoms with Crippen molar-refractivity contribution < 1.29 is 4.79 Å². The van der Waals surface area contributed by atoms with Crippen LogP contribution in [0.2, 0.25) is 0 Å². The van der Waals surface area contributed by atoms with Crippen LogP contribution in [0.5, 0.6) is 0 Å². The Hall–Kier alpha value is -1.67. The van der Waals surface area contributed by atoms with Gasteiger partial charge in [0.2, 0.25) is 0 Å². The Labute approximate surface area is 109 Å². The minimum absolute atomic E-state index is 0.787. The van der Waals surface area contributed by atoms with Crippen molar-refractivity contribution in [2.45, 2.75) is 0 Å². The van der Waals surface area contributed by atoms with Gasteiger partial charge in [0.05, 0.1) is 0 Å². The molecule has 2 rings (SSSR count). The van der Waals surface area contributed by atoms with E-state index < -0.39 is 0 Å². The summed E-state index contributed by atoms with van der Waals surface area (Å²) in [6.45, 7) is 0. The van der Waals surface area contributed by atoms with Gasteiger partial charge in [0.15, 0.2) is 0 Å². The standard InChI is InChI=1S/C15H11BrO/c16-14-8-9-15(12-5-2-1-3-6-12)13(11-14)7-4-10-17/h1-11H. The molecule has 2 heteroatoms. The number of carbonyl (C=O) groups excluding carboxylic acids is 1. The van der Waals surface area contributed by atoms with E-state index in [-0.39, 0.29) is 0 Å². The molecule has 0 amide bonds. The average Bonchev–Trinajstić information content (AvgIpc) is 2.37. The maximum absolute atomic E-state index is 10.4. The Morgan fingerprint density at radius 2 is 1.76 bits per heavy atom. The number of aldehydes is 1. The van der Waals surface area contributed by atoms with E-state index >= 15 is 0 Å². The fourth-order valence-corrected chi connectivity index (χ4v) is 2.07. The van der Waals surface area contributed by atoms with Crippen LogP contribution in [0.1, 0.15) is 5.56 Å². The SMILES string of the molecule is O=CC=Cc1cc(Br)ccc1-c1ccccc1. The zero-order valence-electron chi connectivity index (χ0n) is 9.14. The molecule has 0 N–H and O–H groups in total. The number of allylic oxidation sites excluding steroid dienone is 1. The van der Waals surface area contributed by atoms with Crippen molar-refractivity contribution in [2.75, 3.05) is 0 Å². The predicted octanol–water partition coefficient (Wildman–Crippen LogP) is 4.33. The molecule has 0 fully saturated rings. The van der Waals surface area contributed by atoms with Crippen molar-refractivity contribution in [3.8, 4) is 11.1 Å². The van der Waals surface area contributed by atoms with Gasteiger partial charge in [-0.1, -0.05) is 58.4 Å². The molecule has 0 saturated carbocycles. The molecular formula is C15H11BrO. The van der Waals surface area contributed by atoms with E-state index in [0.29, 0.717) is 0 Å². The van der Waals surface area contributed by atoms with Crippen molar-refractivity contribution in [1.82, 2.24) is 0 Å². The van der Waals surface area contributed by atoms with E-state index in [4.69, 9.17) is 0 Å². The molecule has 2 aromatic rings. The molecule has 0 bridgehead atoms.